The number of aliphatic hydroxyl groups is 1. The average Bonchev–Trinajstić information content (AvgIpc) is 2.32. The normalized spacial score (nSPS) is 33.6. The van der Waals surface area contributed by atoms with Crippen LogP contribution >= 0.6 is 0 Å². The van der Waals surface area contributed by atoms with E-state index >= 15 is 0 Å². The highest BCUT2D eigenvalue weighted by Gasteiger charge is 2.37. The second-order valence-electron chi connectivity index (χ2n) is 5.52. The van der Waals surface area contributed by atoms with Gasteiger partial charge < -0.3 is 5.11 Å². The monoisotopic (exact) mass is 231 g/mol. The molecule has 0 radical (unpaired) electrons. The molecule has 1 aromatic carbocycles. The van der Waals surface area contributed by atoms with E-state index in [1.54, 1.807) is 0 Å². The Morgan fingerprint density at radius 3 is 2.35 bits per heavy atom. The molecule has 2 aliphatic heterocycles. The summed E-state index contributed by atoms with van der Waals surface area (Å²) in [5.74, 6) is 0. The lowest BCUT2D eigenvalue weighted by Crippen LogP contribution is -2.52. The zero-order valence-corrected chi connectivity index (χ0v) is 10.3. The van der Waals surface area contributed by atoms with Gasteiger partial charge in [0.15, 0.2) is 0 Å². The van der Waals surface area contributed by atoms with Gasteiger partial charge in [-0.2, -0.15) is 0 Å². The zero-order valence-electron chi connectivity index (χ0n) is 10.3. The van der Waals surface area contributed by atoms with E-state index in [-0.39, 0.29) is 6.10 Å². The minimum absolute atomic E-state index is 0.0580. The molecule has 2 heterocycles. The minimum Gasteiger partial charge on any atom is -0.393 e. The van der Waals surface area contributed by atoms with Gasteiger partial charge in [-0.1, -0.05) is 36.8 Å². The Balaban J connectivity index is 1.74. The van der Waals surface area contributed by atoms with E-state index in [4.69, 9.17) is 0 Å². The van der Waals surface area contributed by atoms with Gasteiger partial charge in [0.25, 0.3) is 0 Å². The maximum absolute atomic E-state index is 9.87. The quantitative estimate of drug-likeness (QED) is 0.845. The Labute approximate surface area is 103 Å². The van der Waals surface area contributed by atoms with Crippen molar-refractivity contribution in [3.8, 4) is 0 Å². The molecule has 3 rings (SSSR count). The van der Waals surface area contributed by atoms with Gasteiger partial charge in [0.1, 0.15) is 0 Å². The summed E-state index contributed by atoms with van der Waals surface area (Å²) in [5, 5.41) is 9.87. The van der Waals surface area contributed by atoms with Crippen LogP contribution in [0.5, 0.6) is 0 Å². The maximum atomic E-state index is 9.87. The van der Waals surface area contributed by atoms with Crippen molar-refractivity contribution in [3.05, 3.63) is 35.9 Å². The molecule has 0 saturated carbocycles. The summed E-state index contributed by atoms with van der Waals surface area (Å²) in [6, 6.07) is 11.9. The first kappa shape index (κ1) is 11.2. The van der Waals surface area contributed by atoms with Crippen LogP contribution in [0.15, 0.2) is 30.3 Å². The number of benzene rings is 1. The van der Waals surface area contributed by atoms with E-state index in [0.717, 1.165) is 19.4 Å². The van der Waals surface area contributed by atoms with Gasteiger partial charge in [0.05, 0.1) is 6.10 Å². The van der Waals surface area contributed by atoms with Gasteiger partial charge in [-0.25, -0.2) is 0 Å². The van der Waals surface area contributed by atoms with Crippen molar-refractivity contribution in [2.24, 2.45) is 0 Å². The highest BCUT2D eigenvalue weighted by atomic mass is 16.3. The van der Waals surface area contributed by atoms with Crippen molar-refractivity contribution in [3.63, 3.8) is 0 Å². The summed E-state index contributed by atoms with van der Waals surface area (Å²) in [5.41, 5.74) is 1.40. The van der Waals surface area contributed by atoms with E-state index in [1.165, 1.54) is 24.8 Å². The number of hydrogen-bond donors (Lipinski definition) is 1. The standard InChI is InChI=1S/C15H21NO/c17-15-9-13-7-4-8-14(10-15)16(13)11-12-5-2-1-3-6-12/h1-3,5-6,13-15,17H,4,7-11H2. The summed E-state index contributed by atoms with van der Waals surface area (Å²) >= 11 is 0. The van der Waals surface area contributed by atoms with Crippen LogP contribution in [0.25, 0.3) is 0 Å². The molecule has 2 bridgehead atoms. The van der Waals surface area contributed by atoms with Crippen molar-refractivity contribution < 1.29 is 5.11 Å². The molecule has 2 heteroatoms. The SMILES string of the molecule is OC1CC2CCCC(C1)N2Cc1ccccc1. The minimum atomic E-state index is -0.0580. The molecule has 0 aromatic heterocycles. The predicted molar refractivity (Wildman–Crippen MR) is 68.7 cm³/mol. The first-order valence-corrected chi connectivity index (χ1v) is 6.80. The molecule has 0 amide bonds. The van der Waals surface area contributed by atoms with Crippen molar-refractivity contribution in [1.29, 1.82) is 0 Å². The van der Waals surface area contributed by atoms with Crippen molar-refractivity contribution in [2.45, 2.75) is 56.8 Å². The first-order valence-electron chi connectivity index (χ1n) is 6.80. The molecule has 2 saturated heterocycles. The Morgan fingerprint density at radius 2 is 1.71 bits per heavy atom. The molecular weight excluding hydrogens is 210 g/mol. The summed E-state index contributed by atoms with van der Waals surface area (Å²) in [6.45, 7) is 1.06. The number of rotatable bonds is 2. The lowest BCUT2D eigenvalue weighted by atomic mass is 9.82. The molecule has 92 valence electrons. The summed E-state index contributed by atoms with van der Waals surface area (Å²) < 4.78 is 0. The number of hydrogen-bond acceptors (Lipinski definition) is 2. The molecular formula is C15H21NO. The van der Waals surface area contributed by atoms with Gasteiger partial charge in [-0.05, 0) is 31.2 Å². The molecule has 0 spiro atoms. The van der Waals surface area contributed by atoms with Crippen molar-refractivity contribution in [2.75, 3.05) is 0 Å². The highest BCUT2D eigenvalue weighted by Crippen LogP contribution is 2.35. The number of aliphatic hydroxyl groups excluding tert-OH is 1. The fourth-order valence-corrected chi connectivity index (χ4v) is 3.50. The van der Waals surface area contributed by atoms with Crippen molar-refractivity contribution in [1.82, 2.24) is 4.90 Å². The smallest absolute Gasteiger partial charge is 0.0570 e. The molecule has 2 fully saturated rings. The topological polar surface area (TPSA) is 23.5 Å². The van der Waals surface area contributed by atoms with E-state index in [2.05, 4.69) is 35.2 Å². The van der Waals surface area contributed by atoms with Crippen LogP contribution in [0.4, 0.5) is 0 Å². The third-order valence-electron chi connectivity index (χ3n) is 4.31. The number of piperidine rings is 2. The zero-order chi connectivity index (χ0) is 11.7. The first-order chi connectivity index (χ1) is 8.33. The highest BCUT2D eigenvalue weighted by molar-refractivity contribution is 5.15. The predicted octanol–water partition coefficient (Wildman–Crippen LogP) is 2.56. The second kappa shape index (κ2) is 4.79. The molecule has 2 unspecified atom stereocenters. The van der Waals surface area contributed by atoms with Crippen LogP contribution in [0.3, 0.4) is 0 Å². The van der Waals surface area contributed by atoms with E-state index < -0.39 is 0 Å². The van der Waals surface area contributed by atoms with Gasteiger partial charge in [-0.15, -0.1) is 0 Å². The molecule has 17 heavy (non-hydrogen) atoms. The van der Waals surface area contributed by atoms with E-state index in [1.807, 2.05) is 0 Å². The molecule has 2 atom stereocenters. The van der Waals surface area contributed by atoms with Gasteiger partial charge in [-0.3, -0.25) is 4.90 Å². The van der Waals surface area contributed by atoms with Gasteiger partial charge >= 0.3 is 0 Å². The third-order valence-corrected chi connectivity index (χ3v) is 4.31. The fraction of sp³-hybridized carbons (Fsp3) is 0.600. The largest absolute Gasteiger partial charge is 0.393 e. The van der Waals surface area contributed by atoms with Crippen LogP contribution in [0.1, 0.15) is 37.7 Å². The van der Waals surface area contributed by atoms with E-state index in [9.17, 15) is 5.11 Å². The Kier molecular flexibility index (Phi) is 3.17. The molecule has 0 aliphatic carbocycles. The molecule has 2 aliphatic rings. The Bertz CT molecular complexity index is 350. The third kappa shape index (κ3) is 2.38. The Morgan fingerprint density at radius 1 is 1.06 bits per heavy atom. The van der Waals surface area contributed by atoms with Gasteiger partial charge in [0.2, 0.25) is 0 Å². The van der Waals surface area contributed by atoms with Crippen LogP contribution in [0.2, 0.25) is 0 Å². The molecule has 1 aromatic rings. The summed E-state index contributed by atoms with van der Waals surface area (Å²) in [6.07, 6.45) is 5.76. The van der Waals surface area contributed by atoms with Crippen LogP contribution in [-0.2, 0) is 6.54 Å². The fourth-order valence-electron chi connectivity index (χ4n) is 3.50. The van der Waals surface area contributed by atoms with Crippen LogP contribution in [0, 0.1) is 0 Å². The number of fused-ring (bicyclic) bond motifs is 2. The lowest BCUT2D eigenvalue weighted by molar-refractivity contribution is -0.0312. The van der Waals surface area contributed by atoms with Crippen LogP contribution in [-0.4, -0.2) is 28.2 Å². The summed E-state index contributed by atoms with van der Waals surface area (Å²) in [4.78, 5) is 2.63. The Hall–Kier alpha value is -0.860. The molecule has 2 nitrogen and oxygen atoms in total. The lowest BCUT2D eigenvalue weighted by Gasteiger charge is -2.47. The number of nitrogens with zero attached hydrogens (tertiary/aromatic N) is 1. The average molecular weight is 231 g/mol. The van der Waals surface area contributed by atoms with E-state index in [0.29, 0.717) is 12.1 Å². The summed E-state index contributed by atoms with van der Waals surface area (Å²) in [7, 11) is 0. The maximum Gasteiger partial charge on any atom is 0.0570 e. The van der Waals surface area contributed by atoms with Crippen molar-refractivity contribution >= 4 is 0 Å². The van der Waals surface area contributed by atoms with Gasteiger partial charge in [0, 0.05) is 18.6 Å². The second-order valence-corrected chi connectivity index (χ2v) is 5.52. The van der Waals surface area contributed by atoms with Crippen LogP contribution < -0.4 is 0 Å². The molecule has 1 N–H and O–H groups in total.